The van der Waals surface area contributed by atoms with Gasteiger partial charge in [0.05, 0.1) is 11.8 Å². The molecule has 0 saturated carbocycles. The number of ether oxygens (including phenoxy) is 1. The van der Waals surface area contributed by atoms with E-state index < -0.39 is 15.0 Å². The molecule has 0 bridgehead atoms. The summed E-state index contributed by atoms with van der Waals surface area (Å²) in [7, 11) is 1.36. The number of carbonyl (C=O) groups is 1. The van der Waals surface area contributed by atoms with Crippen LogP contribution in [0.2, 0.25) is 0 Å². The number of nitrogens with zero attached hydrogens (tertiary/aromatic N) is 1. The molecule has 1 aliphatic rings. The number of aryl methyl sites for hydroxylation is 1. The Hall–Kier alpha value is -1.12. The zero-order valence-corrected chi connectivity index (χ0v) is 13.4. The Bertz CT molecular complexity index is 628. The van der Waals surface area contributed by atoms with Gasteiger partial charge in [0, 0.05) is 29.8 Å². The number of aromatic nitrogens is 2. The van der Waals surface area contributed by atoms with E-state index >= 15 is 0 Å². The molecule has 1 amide bonds. The van der Waals surface area contributed by atoms with Gasteiger partial charge in [0.2, 0.25) is 0 Å². The van der Waals surface area contributed by atoms with E-state index in [0.717, 1.165) is 6.42 Å². The number of H-pyrrole nitrogens is 1. The molecular weight excluding hydrogens is 318 g/mol. The molecular formula is C12H18ClN3O4S. The van der Waals surface area contributed by atoms with Gasteiger partial charge >= 0.3 is 0 Å². The highest BCUT2D eigenvalue weighted by Gasteiger charge is 2.29. The molecule has 0 aliphatic carbocycles. The van der Waals surface area contributed by atoms with Crippen molar-refractivity contribution in [3.63, 3.8) is 0 Å². The first-order chi connectivity index (χ1) is 9.84. The molecule has 2 atom stereocenters. The summed E-state index contributed by atoms with van der Waals surface area (Å²) in [6, 6.07) is 0. The van der Waals surface area contributed by atoms with Crippen LogP contribution in [-0.4, -0.2) is 43.8 Å². The normalized spacial score (nSPS) is 22.4. The fraction of sp³-hybridized carbons (Fsp3) is 0.667. The number of amides is 1. The van der Waals surface area contributed by atoms with E-state index in [1.807, 2.05) is 6.92 Å². The third-order valence-corrected chi connectivity index (χ3v) is 5.05. The Morgan fingerprint density at radius 1 is 1.57 bits per heavy atom. The van der Waals surface area contributed by atoms with Gasteiger partial charge in [0.25, 0.3) is 15.0 Å². The van der Waals surface area contributed by atoms with Crippen molar-refractivity contribution in [1.82, 2.24) is 15.5 Å². The molecule has 1 aromatic heterocycles. The smallest absolute Gasteiger partial charge is 0.273 e. The molecule has 21 heavy (non-hydrogen) atoms. The second-order valence-corrected chi connectivity index (χ2v) is 7.51. The Labute approximate surface area is 127 Å². The quantitative estimate of drug-likeness (QED) is 0.783. The van der Waals surface area contributed by atoms with Crippen LogP contribution in [0.15, 0.2) is 4.90 Å². The van der Waals surface area contributed by atoms with E-state index in [4.69, 9.17) is 15.4 Å². The molecule has 118 valence electrons. The summed E-state index contributed by atoms with van der Waals surface area (Å²) in [5.41, 5.74) is 0.140. The van der Waals surface area contributed by atoms with Crippen LogP contribution in [0.1, 0.15) is 36.5 Å². The molecule has 0 radical (unpaired) electrons. The number of nitrogens with one attached hydrogen (secondary N) is 2. The lowest BCUT2D eigenvalue weighted by Crippen LogP contribution is -2.32. The van der Waals surface area contributed by atoms with Crippen molar-refractivity contribution < 1.29 is 17.9 Å². The van der Waals surface area contributed by atoms with E-state index in [9.17, 15) is 13.2 Å². The molecule has 0 aromatic carbocycles. The highest BCUT2D eigenvalue weighted by molar-refractivity contribution is 8.13. The summed E-state index contributed by atoms with van der Waals surface area (Å²) in [4.78, 5) is 11.9. The van der Waals surface area contributed by atoms with Gasteiger partial charge in [-0.2, -0.15) is 5.10 Å². The molecule has 2 N–H and O–H groups in total. The van der Waals surface area contributed by atoms with Crippen LogP contribution in [0.5, 0.6) is 0 Å². The number of halogens is 1. The third-order valence-electron chi connectivity index (χ3n) is 3.66. The minimum atomic E-state index is -4.03. The van der Waals surface area contributed by atoms with E-state index in [1.54, 1.807) is 6.92 Å². The third kappa shape index (κ3) is 3.56. The van der Waals surface area contributed by atoms with Crippen molar-refractivity contribution in [3.8, 4) is 0 Å². The van der Waals surface area contributed by atoms with Crippen molar-refractivity contribution in [3.05, 3.63) is 11.4 Å². The minimum Gasteiger partial charge on any atom is -0.378 e. The first kappa shape index (κ1) is 16.3. The maximum absolute atomic E-state index is 12.1. The molecule has 1 saturated heterocycles. The van der Waals surface area contributed by atoms with Crippen LogP contribution in [0.3, 0.4) is 0 Å². The van der Waals surface area contributed by atoms with Gasteiger partial charge < -0.3 is 10.1 Å². The molecule has 9 heteroatoms. The molecule has 2 rings (SSSR count). The zero-order valence-electron chi connectivity index (χ0n) is 11.8. The Kier molecular flexibility index (Phi) is 4.90. The number of hydrogen-bond acceptors (Lipinski definition) is 5. The summed E-state index contributed by atoms with van der Waals surface area (Å²) < 4.78 is 28.6. The van der Waals surface area contributed by atoms with Crippen molar-refractivity contribution >= 4 is 25.6 Å². The lowest BCUT2D eigenvalue weighted by atomic mass is 10.0. The summed E-state index contributed by atoms with van der Waals surface area (Å²) in [5.74, 6) is -0.334. The Balaban J connectivity index is 2.14. The molecule has 1 aromatic rings. The van der Waals surface area contributed by atoms with Gasteiger partial charge in [-0.3, -0.25) is 9.89 Å². The van der Waals surface area contributed by atoms with Crippen LogP contribution in [0.4, 0.5) is 0 Å². The van der Waals surface area contributed by atoms with Crippen LogP contribution < -0.4 is 5.32 Å². The fourth-order valence-electron chi connectivity index (χ4n) is 2.38. The first-order valence-corrected chi connectivity index (χ1v) is 9.07. The Morgan fingerprint density at radius 3 is 2.81 bits per heavy atom. The highest BCUT2D eigenvalue weighted by atomic mass is 35.7. The lowest BCUT2D eigenvalue weighted by Gasteiger charge is -2.14. The average molecular weight is 336 g/mol. The zero-order chi connectivity index (χ0) is 15.6. The van der Waals surface area contributed by atoms with Crippen LogP contribution in [-0.2, 0) is 20.2 Å². The predicted octanol–water partition coefficient (Wildman–Crippen LogP) is 1.05. The Morgan fingerprint density at radius 2 is 2.29 bits per heavy atom. The maximum atomic E-state index is 12.1. The molecule has 7 nitrogen and oxygen atoms in total. The van der Waals surface area contributed by atoms with Crippen molar-refractivity contribution in [2.75, 3.05) is 13.2 Å². The minimum absolute atomic E-state index is 0.0758. The van der Waals surface area contributed by atoms with Crippen LogP contribution in [0.25, 0.3) is 0 Å². The number of aromatic amines is 1. The van der Waals surface area contributed by atoms with E-state index in [1.165, 1.54) is 0 Å². The average Bonchev–Trinajstić information content (AvgIpc) is 3.01. The van der Waals surface area contributed by atoms with E-state index in [0.29, 0.717) is 25.3 Å². The molecule has 0 spiro atoms. The number of rotatable bonds is 5. The molecule has 1 fully saturated rings. The molecule has 2 unspecified atom stereocenters. The SMILES string of the molecule is CCc1[nH]nc(C(=O)NCC2CCOC2C)c1S(=O)(=O)Cl. The van der Waals surface area contributed by atoms with Crippen LogP contribution in [0, 0.1) is 5.92 Å². The van der Waals surface area contributed by atoms with Gasteiger partial charge in [-0.15, -0.1) is 0 Å². The van der Waals surface area contributed by atoms with E-state index in [-0.39, 0.29) is 22.6 Å². The van der Waals surface area contributed by atoms with Crippen molar-refractivity contribution in [2.24, 2.45) is 5.92 Å². The largest absolute Gasteiger partial charge is 0.378 e. The number of carbonyl (C=O) groups excluding carboxylic acids is 1. The van der Waals surface area contributed by atoms with Crippen LogP contribution >= 0.6 is 10.7 Å². The van der Waals surface area contributed by atoms with Crippen molar-refractivity contribution in [1.29, 1.82) is 0 Å². The standard InChI is InChI=1S/C12H18ClN3O4S/c1-3-9-11(21(13,18)19)10(16-15-9)12(17)14-6-8-4-5-20-7(8)2/h7-8H,3-6H2,1-2H3,(H,14,17)(H,15,16). The number of hydrogen-bond donors (Lipinski definition) is 2. The summed E-state index contributed by atoms with van der Waals surface area (Å²) in [5, 5.41) is 9.03. The lowest BCUT2D eigenvalue weighted by molar-refractivity contribution is 0.0900. The first-order valence-electron chi connectivity index (χ1n) is 6.76. The highest BCUT2D eigenvalue weighted by Crippen LogP contribution is 2.23. The molecule has 2 heterocycles. The van der Waals surface area contributed by atoms with Gasteiger partial charge in [-0.05, 0) is 19.8 Å². The predicted molar refractivity (Wildman–Crippen MR) is 76.9 cm³/mol. The van der Waals surface area contributed by atoms with Gasteiger partial charge in [0.15, 0.2) is 5.69 Å². The summed E-state index contributed by atoms with van der Waals surface area (Å²) in [6.07, 6.45) is 1.32. The van der Waals surface area contributed by atoms with Gasteiger partial charge in [-0.1, -0.05) is 6.92 Å². The summed E-state index contributed by atoms with van der Waals surface area (Å²) >= 11 is 0. The second-order valence-electron chi connectivity index (χ2n) is 5.01. The summed E-state index contributed by atoms with van der Waals surface area (Å²) in [6.45, 7) is 4.78. The topological polar surface area (TPSA) is 101 Å². The second kappa shape index (κ2) is 6.33. The maximum Gasteiger partial charge on any atom is 0.273 e. The van der Waals surface area contributed by atoms with Gasteiger partial charge in [0.1, 0.15) is 4.90 Å². The molecule has 1 aliphatic heterocycles. The van der Waals surface area contributed by atoms with Gasteiger partial charge in [-0.25, -0.2) is 8.42 Å². The van der Waals surface area contributed by atoms with Crippen molar-refractivity contribution in [2.45, 2.75) is 37.7 Å². The fourth-order valence-corrected chi connectivity index (χ4v) is 3.73. The van der Waals surface area contributed by atoms with E-state index in [2.05, 4.69) is 15.5 Å². The monoisotopic (exact) mass is 335 g/mol.